The van der Waals surface area contributed by atoms with Crippen molar-refractivity contribution in [1.82, 2.24) is 24.9 Å². The number of nitrogens with one attached hydrogen (secondary N) is 1. The number of anilines is 1. The van der Waals surface area contributed by atoms with E-state index in [0.717, 1.165) is 16.9 Å². The molecule has 3 heterocycles. The number of aromatic nitrogens is 5. The topological polar surface area (TPSA) is 70.6 Å². The number of imidazole rings is 1. The van der Waals surface area contributed by atoms with Crippen molar-refractivity contribution in [2.45, 2.75) is 0 Å². The van der Waals surface area contributed by atoms with Gasteiger partial charge in [-0.2, -0.15) is 4.98 Å². The number of aromatic amines is 1. The minimum absolute atomic E-state index is 0.172. The predicted molar refractivity (Wildman–Crippen MR) is 74.3 cm³/mol. The lowest BCUT2D eigenvalue weighted by atomic mass is 10.2. The van der Waals surface area contributed by atoms with E-state index in [9.17, 15) is 0 Å². The Kier molecular flexibility index (Phi) is 2.79. The Hall–Kier alpha value is -2.21. The zero-order valence-electron chi connectivity index (χ0n) is 10.4. The molecule has 0 radical (unpaired) electrons. The summed E-state index contributed by atoms with van der Waals surface area (Å²) < 4.78 is 0. The monoisotopic (exact) mass is 274 g/mol. The molecular weight excluding hydrogens is 264 g/mol. The van der Waals surface area contributed by atoms with E-state index in [4.69, 9.17) is 11.6 Å². The molecule has 0 saturated heterocycles. The van der Waals surface area contributed by atoms with Crippen LogP contribution in [-0.4, -0.2) is 39.0 Å². The van der Waals surface area contributed by atoms with E-state index in [2.05, 4.69) is 24.9 Å². The highest BCUT2D eigenvalue weighted by atomic mass is 35.5. The highest BCUT2D eigenvalue weighted by molar-refractivity contribution is 6.28. The average Bonchev–Trinajstić information content (AvgIpc) is 2.85. The minimum Gasteiger partial charge on any atom is -0.363 e. The smallest absolute Gasteiger partial charge is 0.225 e. The number of hydrogen-bond acceptors (Lipinski definition) is 5. The van der Waals surface area contributed by atoms with Gasteiger partial charge in [-0.15, -0.1) is 0 Å². The van der Waals surface area contributed by atoms with Gasteiger partial charge in [0, 0.05) is 25.9 Å². The van der Waals surface area contributed by atoms with E-state index in [-0.39, 0.29) is 5.28 Å². The Bertz CT molecular complexity index is 719. The fourth-order valence-electron chi connectivity index (χ4n) is 1.81. The van der Waals surface area contributed by atoms with Gasteiger partial charge in [-0.25, -0.2) is 15.0 Å². The lowest BCUT2D eigenvalue weighted by Gasteiger charge is -2.11. The third-order valence-corrected chi connectivity index (χ3v) is 2.91. The molecule has 0 aliphatic rings. The van der Waals surface area contributed by atoms with Crippen LogP contribution in [0.4, 0.5) is 5.82 Å². The number of nitrogens with zero attached hydrogens (tertiary/aromatic N) is 5. The molecule has 3 aromatic heterocycles. The summed E-state index contributed by atoms with van der Waals surface area (Å²) in [6.07, 6.45) is 3.33. The van der Waals surface area contributed by atoms with Crippen LogP contribution in [0.25, 0.3) is 22.4 Å². The van der Waals surface area contributed by atoms with Gasteiger partial charge in [0.2, 0.25) is 5.28 Å². The molecule has 0 atom stereocenters. The second kappa shape index (κ2) is 4.47. The molecule has 0 spiro atoms. The highest BCUT2D eigenvalue weighted by Crippen LogP contribution is 2.25. The molecule has 7 heteroatoms. The summed E-state index contributed by atoms with van der Waals surface area (Å²) in [6.45, 7) is 0. The van der Waals surface area contributed by atoms with Crippen LogP contribution in [0.5, 0.6) is 0 Å². The maximum atomic E-state index is 5.91. The number of fused-ring (bicyclic) bond motifs is 1. The van der Waals surface area contributed by atoms with Crippen LogP contribution in [0, 0.1) is 0 Å². The zero-order chi connectivity index (χ0) is 13.4. The van der Waals surface area contributed by atoms with Gasteiger partial charge in [0.05, 0.1) is 6.33 Å². The van der Waals surface area contributed by atoms with Crippen LogP contribution in [-0.2, 0) is 0 Å². The summed E-state index contributed by atoms with van der Waals surface area (Å²) in [5.74, 6) is 0.879. The van der Waals surface area contributed by atoms with E-state index >= 15 is 0 Å². The molecule has 6 nitrogen and oxygen atoms in total. The molecule has 19 heavy (non-hydrogen) atoms. The van der Waals surface area contributed by atoms with Crippen molar-refractivity contribution in [3.8, 4) is 11.3 Å². The Morgan fingerprint density at radius 1 is 1.16 bits per heavy atom. The lowest BCUT2D eigenvalue weighted by molar-refractivity contribution is 1.07. The summed E-state index contributed by atoms with van der Waals surface area (Å²) in [7, 11) is 3.88. The van der Waals surface area contributed by atoms with Crippen molar-refractivity contribution in [3.63, 3.8) is 0 Å². The van der Waals surface area contributed by atoms with Gasteiger partial charge in [0.25, 0.3) is 0 Å². The Balaban J connectivity index is 2.15. The first-order valence-corrected chi connectivity index (χ1v) is 6.03. The summed E-state index contributed by atoms with van der Waals surface area (Å²) >= 11 is 5.91. The molecule has 0 aliphatic heterocycles. The first-order chi connectivity index (χ1) is 9.15. The number of rotatable bonds is 2. The average molecular weight is 275 g/mol. The molecule has 1 N–H and O–H groups in total. The van der Waals surface area contributed by atoms with E-state index in [1.165, 1.54) is 0 Å². The Morgan fingerprint density at radius 3 is 2.68 bits per heavy atom. The molecule has 0 fully saturated rings. The molecule has 3 aromatic rings. The van der Waals surface area contributed by atoms with Crippen LogP contribution >= 0.6 is 11.6 Å². The van der Waals surface area contributed by atoms with Crippen LogP contribution in [0.1, 0.15) is 0 Å². The van der Waals surface area contributed by atoms with E-state index in [1.54, 1.807) is 12.5 Å². The van der Waals surface area contributed by atoms with Crippen molar-refractivity contribution in [1.29, 1.82) is 0 Å². The zero-order valence-corrected chi connectivity index (χ0v) is 11.2. The van der Waals surface area contributed by atoms with E-state index < -0.39 is 0 Å². The van der Waals surface area contributed by atoms with Gasteiger partial charge in [-0.05, 0) is 23.7 Å². The van der Waals surface area contributed by atoms with Crippen molar-refractivity contribution < 1.29 is 0 Å². The number of H-pyrrole nitrogens is 1. The summed E-state index contributed by atoms with van der Waals surface area (Å²) in [5, 5.41) is 0.172. The molecule has 0 bridgehead atoms. The van der Waals surface area contributed by atoms with Gasteiger partial charge in [-0.1, -0.05) is 0 Å². The molecule has 0 amide bonds. The lowest BCUT2D eigenvalue weighted by Crippen LogP contribution is -2.10. The number of halogens is 1. The quantitative estimate of drug-likeness (QED) is 0.725. The molecule has 0 aliphatic carbocycles. The van der Waals surface area contributed by atoms with E-state index in [1.807, 2.05) is 31.1 Å². The standard InChI is InChI=1S/C12H11ClN6/c1-19(2)8-4-3-7(5-14-8)9-10-11(16-6-15-10)18-12(13)17-9/h3-6H,1-2H3,(H,15,16,17,18). The van der Waals surface area contributed by atoms with Gasteiger partial charge >= 0.3 is 0 Å². The van der Waals surface area contributed by atoms with Crippen LogP contribution < -0.4 is 4.90 Å². The SMILES string of the molecule is CN(C)c1ccc(-c2nc(Cl)nc3nc[nH]c23)cn1. The predicted octanol–water partition coefficient (Wildman–Crippen LogP) is 2.13. The largest absolute Gasteiger partial charge is 0.363 e. The van der Waals surface area contributed by atoms with Gasteiger partial charge in [0.1, 0.15) is 17.0 Å². The van der Waals surface area contributed by atoms with Crippen molar-refractivity contribution in [2.75, 3.05) is 19.0 Å². The molecule has 96 valence electrons. The molecule has 0 saturated carbocycles. The summed E-state index contributed by atoms with van der Waals surface area (Å²) in [4.78, 5) is 21.7. The summed E-state index contributed by atoms with van der Waals surface area (Å²) in [6, 6.07) is 3.87. The fourth-order valence-corrected chi connectivity index (χ4v) is 1.97. The maximum Gasteiger partial charge on any atom is 0.225 e. The summed E-state index contributed by atoms with van der Waals surface area (Å²) in [5.41, 5.74) is 2.87. The first kappa shape index (κ1) is 11.9. The first-order valence-electron chi connectivity index (χ1n) is 5.65. The highest BCUT2D eigenvalue weighted by Gasteiger charge is 2.11. The van der Waals surface area contributed by atoms with Crippen molar-refractivity contribution in [2.24, 2.45) is 0 Å². The van der Waals surface area contributed by atoms with Crippen molar-refractivity contribution in [3.05, 3.63) is 29.9 Å². The third-order valence-electron chi connectivity index (χ3n) is 2.74. The van der Waals surface area contributed by atoms with Crippen LogP contribution in [0.15, 0.2) is 24.7 Å². The van der Waals surface area contributed by atoms with Crippen LogP contribution in [0.2, 0.25) is 5.28 Å². The Labute approximate surface area is 114 Å². The maximum absolute atomic E-state index is 5.91. The van der Waals surface area contributed by atoms with Gasteiger partial charge < -0.3 is 9.88 Å². The second-order valence-corrected chi connectivity index (χ2v) is 4.58. The van der Waals surface area contributed by atoms with Crippen LogP contribution in [0.3, 0.4) is 0 Å². The van der Waals surface area contributed by atoms with Crippen molar-refractivity contribution >= 4 is 28.6 Å². The number of pyridine rings is 1. The molecule has 0 aromatic carbocycles. The van der Waals surface area contributed by atoms with E-state index in [0.29, 0.717) is 11.3 Å². The Morgan fingerprint density at radius 2 is 2.00 bits per heavy atom. The second-order valence-electron chi connectivity index (χ2n) is 4.24. The number of hydrogen-bond donors (Lipinski definition) is 1. The molecule has 0 unspecified atom stereocenters. The third kappa shape index (κ3) is 2.10. The molecule has 3 rings (SSSR count). The molecular formula is C12H11ClN6. The van der Waals surface area contributed by atoms with Gasteiger partial charge in [-0.3, -0.25) is 0 Å². The normalized spacial score (nSPS) is 10.9. The van der Waals surface area contributed by atoms with Gasteiger partial charge in [0.15, 0.2) is 5.65 Å². The fraction of sp³-hybridized carbons (Fsp3) is 0.167. The minimum atomic E-state index is 0.172.